The summed E-state index contributed by atoms with van der Waals surface area (Å²) in [5, 5.41) is 0. The Bertz CT molecular complexity index is 228. The Labute approximate surface area is 96.2 Å². The van der Waals surface area contributed by atoms with Crippen molar-refractivity contribution in [3.8, 4) is 0 Å². The van der Waals surface area contributed by atoms with Crippen LogP contribution in [-0.4, -0.2) is 38.0 Å². The molecule has 0 saturated carbocycles. The van der Waals surface area contributed by atoms with Gasteiger partial charge in [0.25, 0.3) is 0 Å². The summed E-state index contributed by atoms with van der Waals surface area (Å²) < 4.78 is 10.3. The van der Waals surface area contributed by atoms with E-state index in [0.717, 1.165) is 0 Å². The molecule has 14 heavy (non-hydrogen) atoms. The number of ether oxygens (including phenoxy) is 1. The second kappa shape index (κ2) is 5.63. The molecule has 4 heteroatoms. The van der Waals surface area contributed by atoms with E-state index in [-0.39, 0.29) is 17.3 Å². The van der Waals surface area contributed by atoms with Crippen LogP contribution in [0.1, 0.15) is 27.7 Å². The maximum atomic E-state index is 11.7. The van der Waals surface area contributed by atoms with E-state index in [0.29, 0.717) is 24.7 Å². The van der Waals surface area contributed by atoms with Gasteiger partial charge in [-0.25, -0.2) is 0 Å². The first-order valence-electron chi connectivity index (χ1n) is 4.53. The number of ketones is 1. The van der Waals surface area contributed by atoms with E-state index in [2.05, 4.69) is 0 Å². The van der Waals surface area contributed by atoms with Crippen LogP contribution in [0.4, 0.5) is 0 Å². The number of rotatable bonds is 4. The van der Waals surface area contributed by atoms with Gasteiger partial charge in [0.05, 0.1) is 0 Å². The summed E-state index contributed by atoms with van der Waals surface area (Å²) in [6, 6.07) is 0. The van der Waals surface area contributed by atoms with Gasteiger partial charge in [-0.15, -0.1) is 0 Å². The van der Waals surface area contributed by atoms with Gasteiger partial charge in [0.2, 0.25) is 0 Å². The van der Waals surface area contributed by atoms with Crippen molar-refractivity contribution in [2.75, 3.05) is 7.11 Å². The van der Waals surface area contributed by atoms with Gasteiger partial charge >= 0.3 is 96.0 Å². The number of methoxy groups -OCH3 is 1. The summed E-state index contributed by atoms with van der Waals surface area (Å²) in [5.41, 5.74) is -0.364. The Balaban J connectivity index is 4.69. The van der Waals surface area contributed by atoms with Gasteiger partial charge in [0, 0.05) is 0 Å². The molecule has 79 valence electrons. The van der Waals surface area contributed by atoms with Crippen LogP contribution in [0.3, 0.4) is 0 Å². The molecule has 0 aliphatic carbocycles. The summed E-state index contributed by atoms with van der Waals surface area (Å²) in [4.78, 5) is 11.7. The van der Waals surface area contributed by atoms with E-state index in [1.54, 1.807) is 7.11 Å². The summed E-state index contributed by atoms with van der Waals surface area (Å²) in [7, 11) is 1.60. The molecule has 1 radical (unpaired) electrons. The Morgan fingerprint density at radius 3 is 2.21 bits per heavy atom. The minimum absolute atomic E-state index is 0.0600. The first-order valence-corrected chi connectivity index (χ1v) is 5.75. The van der Waals surface area contributed by atoms with E-state index in [1.165, 1.54) is 6.08 Å². The predicted octanol–water partition coefficient (Wildman–Crippen LogP) is 1.35. The Kier molecular flexibility index (Phi) is 5.55. The summed E-state index contributed by atoms with van der Waals surface area (Å²) in [5.74, 6) is 0.678. The molecule has 0 aliphatic rings. The molecule has 0 bridgehead atoms. The molecule has 0 N–H and O–H groups in total. The Morgan fingerprint density at radius 1 is 1.43 bits per heavy atom. The topological polar surface area (TPSA) is 35.5 Å². The van der Waals surface area contributed by atoms with Crippen LogP contribution in [-0.2, 0) is 13.1 Å². The molecule has 1 atom stereocenters. The second-order valence-electron chi connectivity index (χ2n) is 4.18. The van der Waals surface area contributed by atoms with Gasteiger partial charge in [-0.3, -0.25) is 0 Å². The number of carbonyl (C=O) groups is 1. The van der Waals surface area contributed by atoms with Crippen LogP contribution in [0.15, 0.2) is 11.8 Å². The zero-order valence-electron chi connectivity index (χ0n) is 9.59. The van der Waals surface area contributed by atoms with E-state index < -0.39 is 0 Å². The third-order valence-electron chi connectivity index (χ3n) is 1.93. The summed E-state index contributed by atoms with van der Waals surface area (Å²) >= 11 is 0.664. The zero-order chi connectivity index (χ0) is 11.4. The molecule has 0 aromatic heterocycles. The van der Waals surface area contributed by atoms with Gasteiger partial charge in [-0.2, -0.15) is 0 Å². The molecule has 0 aromatic rings. The van der Waals surface area contributed by atoms with E-state index in [1.807, 2.05) is 27.7 Å². The molecule has 0 spiro atoms. The summed E-state index contributed by atoms with van der Waals surface area (Å²) in [6.45, 7) is 7.50. The Hall–Kier alpha value is -0.194. The molecule has 0 fully saturated rings. The SMILES string of the molecule is COC(C)C(=CC(=O)C(C)(C)C)[O][GaH]. The number of hydrogen-bond donors (Lipinski definition) is 0. The average molecular weight is 256 g/mol. The first kappa shape index (κ1) is 13.8. The Morgan fingerprint density at radius 2 is 1.93 bits per heavy atom. The number of carbonyl (C=O) groups excluding carboxylic acids is 1. The third kappa shape index (κ3) is 4.35. The minimum atomic E-state index is -0.364. The fraction of sp³-hybridized carbons (Fsp3) is 0.700. The third-order valence-corrected chi connectivity index (χ3v) is 2.63. The van der Waals surface area contributed by atoms with Gasteiger partial charge in [-0.1, -0.05) is 0 Å². The molecule has 0 rings (SSSR count). The van der Waals surface area contributed by atoms with Crippen molar-refractivity contribution in [3.63, 3.8) is 0 Å². The van der Waals surface area contributed by atoms with Gasteiger partial charge in [0.15, 0.2) is 0 Å². The van der Waals surface area contributed by atoms with Crippen molar-refractivity contribution in [2.45, 2.75) is 33.8 Å². The van der Waals surface area contributed by atoms with Crippen molar-refractivity contribution in [1.82, 2.24) is 0 Å². The molecular formula is C10H18GaO3. The van der Waals surface area contributed by atoms with Gasteiger partial charge in [-0.05, 0) is 0 Å². The quantitative estimate of drug-likeness (QED) is 0.432. The van der Waals surface area contributed by atoms with Crippen LogP contribution in [0.2, 0.25) is 0 Å². The monoisotopic (exact) mass is 255 g/mol. The predicted molar refractivity (Wildman–Crippen MR) is 57.3 cm³/mol. The first-order chi connectivity index (χ1) is 6.32. The molecule has 1 unspecified atom stereocenters. The molecular weight excluding hydrogens is 238 g/mol. The standard InChI is InChI=1S/C10H18O3.Ga.H/c1-7(13-5)8(11)6-9(12)10(2,3)4;;/h6-7,11H,1-5H3;;/q;+1;/p-1. The van der Waals surface area contributed by atoms with Crippen molar-refractivity contribution >= 4 is 24.7 Å². The molecule has 0 aromatic carbocycles. The molecule has 3 nitrogen and oxygen atoms in total. The fourth-order valence-corrected chi connectivity index (χ4v) is 1.41. The van der Waals surface area contributed by atoms with Crippen LogP contribution in [0.5, 0.6) is 0 Å². The van der Waals surface area contributed by atoms with Gasteiger partial charge in [0.1, 0.15) is 0 Å². The second-order valence-corrected chi connectivity index (χ2v) is 4.79. The van der Waals surface area contributed by atoms with Crippen LogP contribution in [0.25, 0.3) is 0 Å². The van der Waals surface area contributed by atoms with Crippen LogP contribution >= 0.6 is 0 Å². The average Bonchev–Trinajstić information content (AvgIpc) is 2.10. The van der Waals surface area contributed by atoms with E-state index in [4.69, 9.17) is 8.27 Å². The molecule has 0 amide bonds. The number of hydrogen-bond acceptors (Lipinski definition) is 3. The maximum absolute atomic E-state index is 11.7. The van der Waals surface area contributed by atoms with Crippen molar-refractivity contribution < 1.29 is 13.1 Å². The van der Waals surface area contributed by atoms with Gasteiger partial charge < -0.3 is 0 Å². The van der Waals surface area contributed by atoms with E-state index >= 15 is 0 Å². The van der Waals surface area contributed by atoms with Crippen LogP contribution in [0, 0.1) is 5.41 Å². The molecule has 0 heterocycles. The van der Waals surface area contributed by atoms with E-state index in [9.17, 15) is 4.79 Å². The number of allylic oxidation sites excluding steroid dienone is 1. The van der Waals surface area contributed by atoms with Crippen molar-refractivity contribution in [2.24, 2.45) is 5.41 Å². The van der Waals surface area contributed by atoms with Crippen molar-refractivity contribution in [3.05, 3.63) is 11.8 Å². The summed E-state index contributed by atoms with van der Waals surface area (Å²) in [6.07, 6.45) is 1.38. The zero-order valence-corrected chi connectivity index (χ0v) is 12.6. The van der Waals surface area contributed by atoms with Crippen molar-refractivity contribution in [1.29, 1.82) is 0 Å². The normalized spacial score (nSPS) is 15.1. The molecule has 0 aliphatic heterocycles. The molecule has 0 saturated heterocycles. The fourth-order valence-electron chi connectivity index (χ4n) is 0.738. The van der Waals surface area contributed by atoms with Crippen LogP contribution < -0.4 is 0 Å².